The molecule has 0 bridgehead atoms. The van der Waals surface area contributed by atoms with Gasteiger partial charge in [-0.3, -0.25) is 9.59 Å². The van der Waals surface area contributed by atoms with Crippen molar-refractivity contribution in [2.45, 2.75) is 78.1 Å². The molecule has 0 N–H and O–H groups in total. The number of carbonyl (C=O) groups excluding carboxylic acids is 2. The maximum Gasteiger partial charge on any atom is 0.314 e. The summed E-state index contributed by atoms with van der Waals surface area (Å²) in [5.41, 5.74) is 0. The Morgan fingerprint density at radius 1 is 0.885 bits per heavy atom. The third-order valence-corrected chi connectivity index (χ3v) is 5.15. The van der Waals surface area contributed by atoms with E-state index in [4.69, 9.17) is 9.47 Å². The van der Waals surface area contributed by atoms with E-state index < -0.39 is 0 Å². The van der Waals surface area contributed by atoms with Crippen LogP contribution in [0.3, 0.4) is 0 Å². The van der Waals surface area contributed by atoms with Crippen LogP contribution in [0.5, 0.6) is 11.5 Å². The molecule has 1 aliphatic carbocycles. The molecule has 0 radical (unpaired) electrons. The monoisotopic (exact) mass is 360 g/mol. The van der Waals surface area contributed by atoms with Crippen LogP contribution in [0.1, 0.15) is 78.1 Å². The summed E-state index contributed by atoms with van der Waals surface area (Å²) in [6.45, 7) is 4.26. The van der Waals surface area contributed by atoms with Gasteiger partial charge in [-0.05, 0) is 62.3 Å². The predicted octanol–water partition coefficient (Wildman–Crippen LogP) is 5.68. The van der Waals surface area contributed by atoms with Crippen molar-refractivity contribution in [3.05, 3.63) is 24.3 Å². The van der Waals surface area contributed by atoms with Crippen LogP contribution < -0.4 is 9.47 Å². The summed E-state index contributed by atoms with van der Waals surface area (Å²) in [4.78, 5) is 24.0. The number of carbonyl (C=O) groups is 2. The Bertz CT molecular complexity index is 556. The average molecular weight is 360 g/mol. The van der Waals surface area contributed by atoms with Crippen LogP contribution in [0.25, 0.3) is 0 Å². The molecule has 1 saturated carbocycles. The van der Waals surface area contributed by atoms with Gasteiger partial charge in [0.2, 0.25) is 0 Å². The van der Waals surface area contributed by atoms with Crippen LogP contribution in [0.4, 0.5) is 0 Å². The molecule has 0 heterocycles. The standard InChI is InChI=1S/C22H32O4/c1-3-5-7-17-9-11-18(12-10-17)22(24)26-20-15-13-19(14-16-20)25-21(23)8-6-4-2/h13-18H,3-12H2,1-2H3. The number of benzene rings is 1. The summed E-state index contributed by atoms with van der Waals surface area (Å²) in [6, 6.07) is 6.72. The minimum Gasteiger partial charge on any atom is -0.427 e. The molecular formula is C22H32O4. The molecule has 144 valence electrons. The number of esters is 2. The van der Waals surface area contributed by atoms with Gasteiger partial charge in [0, 0.05) is 6.42 Å². The summed E-state index contributed by atoms with van der Waals surface area (Å²) in [5, 5.41) is 0. The Hall–Kier alpha value is -1.84. The first-order valence-electron chi connectivity index (χ1n) is 10.1. The lowest BCUT2D eigenvalue weighted by Crippen LogP contribution is -2.25. The summed E-state index contributed by atoms with van der Waals surface area (Å²) in [5.74, 6) is 1.43. The highest BCUT2D eigenvalue weighted by molar-refractivity contribution is 5.75. The van der Waals surface area contributed by atoms with E-state index in [0.717, 1.165) is 44.4 Å². The molecule has 2 rings (SSSR count). The van der Waals surface area contributed by atoms with Gasteiger partial charge in [-0.1, -0.05) is 39.5 Å². The fourth-order valence-corrected chi connectivity index (χ4v) is 3.46. The molecule has 0 unspecified atom stereocenters. The predicted molar refractivity (Wildman–Crippen MR) is 102 cm³/mol. The largest absolute Gasteiger partial charge is 0.427 e. The lowest BCUT2D eigenvalue weighted by atomic mass is 9.80. The van der Waals surface area contributed by atoms with Crippen molar-refractivity contribution in [2.24, 2.45) is 11.8 Å². The van der Waals surface area contributed by atoms with E-state index in [1.807, 2.05) is 6.92 Å². The molecule has 26 heavy (non-hydrogen) atoms. The number of rotatable bonds is 9. The van der Waals surface area contributed by atoms with Crippen molar-refractivity contribution < 1.29 is 19.1 Å². The zero-order valence-corrected chi connectivity index (χ0v) is 16.2. The van der Waals surface area contributed by atoms with E-state index in [2.05, 4.69) is 6.92 Å². The molecule has 1 aromatic carbocycles. The third-order valence-electron chi connectivity index (χ3n) is 5.15. The summed E-state index contributed by atoms with van der Waals surface area (Å²) in [6.07, 6.45) is 10.2. The molecule has 1 fully saturated rings. The lowest BCUT2D eigenvalue weighted by molar-refractivity contribution is -0.140. The minimum absolute atomic E-state index is 0.0134. The molecule has 0 atom stereocenters. The molecule has 4 heteroatoms. The van der Waals surface area contributed by atoms with Crippen LogP contribution in [0, 0.1) is 11.8 Å². The van der Waals surface area contributed by atoms with Crippen molar-refractivity contribution in [3.8, 4) is 11.5 Å². The molecule has 0 spiro atoms. The highest BCUT2D eigenvalue weighted by Crippen LogP contribution is 2.33. The fourth-order valence-electron chi connectivity index (χ4n) is 3.46. The smallest absolute Gasteiger partial charge is 0.314 e. The topological polar surface area (TPSA) is 52.6 Å². The Balaban J connectivity index is 1.76. The quantitative estimate of drug-likeness (QED) is 0.420. The van der Waals surface area contributed by atoms with E-state index in [0.29, 0.717) is 17.9 Å². The van der Waals surface area contributed by atoms with Gasteiger partial charge in [0.05, 0.1) is 5.92 Å². The highest BCUT2D eigenvalue weighted by atomic mass is 16.5. The van der Waals surface area contributed by atoms with E-state index in [9.17, 15) is 9.59 Å². The van der Waals surface area contributed by atoms with E-state index in [1.165, 1.54) is 19.3 Å². The highest BCUT2D eigenvalue weighted by Gasteiger charge is 2.27. The van der Waals surface area contributed by atoms with Gasteiger partial charge in [0.1, 0.15) is 11.5 Å². The Morgan fingerprint density at radius 3 is 2.04 bits per heavy atom. The SMILES string of the molecule is CCCCC(=O)Oc1ccc(OC(=O)C2CCC(CCCC)CC2)cc1. The van der Waals surface area contributed by atoms with Crippen LogP contribution in [0.15, 0.2) is 24.3 Å². The van der Waals surface area contributed by atoms with Crippen LogP contribution in [0.2, 0.25) is 0 Å². The van der Waals surface area contributed by atoms with Gasteiger partial charge in [-0.15, -0.1) is 0 Å². The molecule has 1 aromatic rings. The Kier molecular flexibility index (Phi) is 8.66. The first-order chi connectivity index (χ1) is 12.6. The van der Waals surface area contributed by atoms with Gasteiger partial charge in [-0.25, -0.2) is 0 Å². The molecule has 0 aromatic heterocycles. The second-order valence-corrected chi connectivity index (χ2v) is 7.33. The van der Waals surface area contributed by atoms with Crippen LogP contribution in [-0.2, 0) is 9.59 Å². The van der Waals surface area contributed by atoms with E-state index in [1.54, 1.807) is 24.3 Å². The zero-order chi connectivity index (χ0) is 18.8. The van der Waals surface area contributed by atoms with Crippen LogP contribution >= 0.6 is 0 Å². The normalized spacial score (nSPS) is 19.8. The summed E-state index contributed by atoms with van der Waals surface area (Å²) in [7, 11) is 0. The molecule has 0 saturated heterocycles. The maximum absolute atomic E-state index is 12.4. The average Bonchev–Trinajstić information content (AvgIpc) is 2.66. The summed E-state index contributed by atoms with van der Waals surface area (Å²) < 4.78 is 10.8. The van der Waals surface area contributed by atoms with Gasteiger partial charge < -0.3 is 9.47 Å². The maximum atomic E-state index is 12.4. The van der Waals surface area contributed by atoms with Crippen molar-refractivity contribution in [1.29, 1.82) is 0 Å². The second-order valence-electron chi connectivity index (χ2n) is 7.33. The number of hydrogen-bond donors (Lipinski definition) is 0. The van der Waals surface area contributed by atoms with Crippen molar-refractivity contribution in [3.63, 3.8) is 0 Å². The number of ether oxygens (including phenoxy) is 2. The second kappa shape index (κ2) is 11.0. The van der Waals surface area contributed by atoms with E-state index in [-0.39, 0.29) is 17.9 Å². The molecule has 0 aliphatic heterocycles. The van der Waals surface area contributed by atoms with Gasteiger partial charge in [0.15, 0.2) is 0 Å². The van der Waals surface area contributed by atoms with Gasteiger partial charge >= 0.3 is 11.9 Å². The van der Waals surface area contributed by atoms with E-state index >= 15 is 0 Å². The molecule has 0 amide bonds. The fraction of sp³-hybridized carbons (Fsp3) is 0.636. The summed E-state index contributed by atoms with van der Waals surface area (Å²) >= 11 is 0. The third kappa shape index (κ3) is 6.81. The first-order valence-corrected chi connectivity index (χ1v) is 10.1. The van der Waals surface area contributed by atoms with Crippen molar-refractivity contribution in [2.75, 3.05) is 0 Å². The van der Waals surface area contributed by atoms with Crippen molar-refractivity contribution >= 4 is 11.9 Å². The number of hydrogen-bond acceptors (Lipinski definition) is 4. The molecular weight excluding hydrogens is 328 g/mol. The zero-order valence-electron chi connectivity index (χ0n) is 16.2. The molecule has 1 aliphatic rings. The molecule has 4 nitrogen and oxygen atoms in total. The van der Waals surface area contributed by atoms with Gasteiger partial charge in [0.25, 0.3) is 0 Å². The van der Waals surface area contributed by atoms with Crippen molar-refractivity contribution in [1.82, 2.24) is 0 Å². The Morgan fingerprint density at radius 2 is 1.46 bits per heavy atom. The minimum atomic E-state index is -0.226. The van der Waals surface area contributed by atoms with Gasteiger partial charge in [-0.2, -0.15) is 0 Å². The Labute approximate surface area is 157 Å². The van der Waals surface area contributed by atoms with Crippen LogP contribution in [-0.4, -0.2) is 11.9 Å². The first kappa shape index (κ1) is 20.5. The lowest BCUT2D eigenvalue weighted by Gasteiger charge is -2.27. The number of unbranched alkanes of at least 4 members (excludes halogenated alkanes) is 2.